The zero-order valence-corrected chi connectivity index (χ0v) is 12.0. The number of hydrogen-bond donors (Lipinski definition) is 1. The number of sulfone groups is 1. The molecule has 0 amide bonds. The molecule has 0 radical (unpaired) electrons. The molecular formula is C11H15BrN2O2S. The molecule has 0 bridgehead atoms. The predicted octanol–water partition coefficient (Wildman–Crippen LogP) is 1.39. The molecule has 1 unspecified atom stereocenters. The molecule has 6 heteroatoms. The summed E-state index contributed by atoms with van der Waals surface area (Å²) in [5.74, 6) is 0.156. The molecule has 1 atom stereocenters. The van der Waals surface area contributed by atoms with Crippen LogP contribution in [-0.4, -0.2) is 33.3 Å². The summed E-state index contributed by atoms with van der Waals surface area (Å²) in [5.41, 5.74) is 6.54. The van der Waals surface area contributed by atoms with Gasteiger partial charge in [0, 0.05) is 23.6 Å². The fourth-order valence-corrected chi connectivity index (χ4v) is 4.28. The minimum atomic E-state index is -3.15. The van der Waals surface area contributed by atoms with Crippen molar-refractivity contribution >= 4 is 31.5 Å². The van der Waals surface area contributed by atoms with Gasteiger partial charge >= 0.3 is 0 Å². The highest BCUT2D eigenvalue weighted by molar-refractivity contribution is 9.10. The SMILES string of the molecule is CC(N)CN1CCS(=O)(=O)c2cccc(Br)c21. The minimum absolute atomic E-state index is 0.00996. The normalized spacial score (nSPS) is 19.8. The Morgan fingerprint density at radius 1 is 1.53 bits per heavy atom. The molecule has 4 nitrogen and oxygen atoms in total. The monoisotopic (exact) mass is 318 g/mol. The molecule has 1 aliphatic rings. The Hall–Kier alpha value is -0.590. The van der Waals surface area contributed by atoms with Crippen molar-refractivity contribution in [3.8, 4) is 0 Å². The van der Waals surface area contributed by atoms with Crippen LogP contribution in [0.3, 0.4) is 0 Å². The maximum Gasteiger partial charge on any atom is 0.182 e. The quantitative estimate of drug-likeness (QED) is 0.895. The smallest absolute Gasteiger partial charge is 0.182 e. The van der Waals surface area contributed by atoms with Gasteiger partial charge in [-0.05, 0) is 35.0 Å². The second kappa shape index (κ2) is 4.59. The number of para-hydroxylation sites is 1. The highest BCUT2D eigenvalue weighted by atomic mass is 79.9. The van der Waals surface area contributed by atoms with E-state index in [2.05, 4.69) is 15.9 Å². The van der Waals surface area contributed by atoms with E-state index >= 15 is 0 Å². The second-order valence-electron chi connectivity index (χ2n) is 4.33. The van der Waals surface area contributed by atoms with Crippen LogP contribution in [0.25, 0.3) is 0 Å². The molecule has 1 aliphatic heterocycles. The number of benzene rings is 1. The Balaban J connectivity index is 2.53. The van der Waals surface area contributed by atoms with Gasteiger partial charge in [-0.25, -0.2) is 8.42 Å². The number of rotatable bonds is 2. The van der Waals surface area contributed by atoms with Crippen LogP contribution in [0, 0.1) is 0 Å². The van der Waals surface area contributed by atoms with Gasteiger partial charge in [0.2, 0.25) is 0 Å². The molecule has 2 N–H and O–H groups in total. The van der Waals surface area contributed by atoms with Crippen molar-refractivity contribution in [3.05, 3.63) is 22.7 Å². The molecule has 0 aliphatic carbocycles. The van der Waals surface area contributed by atoms with Gasteiger partial charge in [-0.3, -0.25) is 0 Å². The summed E-state index contributed by atoms with van der Waals surface area (Å²) in [7, 11) is -3.15. The van der Waals surface area contributed by atoms with E-state index in [9.17, 15) is 8.42 Å². The summed E-state index contributed by atoms with van der Waals surface area (Å²) in [6.45, 7) is 3.07. The van der Waals surface area contributed by atoms with E-state index in [1.165, 1.54) is 0 Å². The Bertz CT molecular complexity index is 528. The van der Waals surface area contributed by atoms with Gasteiger partial charge < -0.3 is 10.6 Å². The molecule has 94 valence electrons. The van der Waals surface area contributed by atoms with E-state index in [0.29, 0.717) is 18.0 Å². The first-order valence-electron chi connectivity index (χ1n) is 5.43. The molecule has 0 aromatic heterocycles. The number of anilines is 1. The van der Waals surface area contributed by atoms with E-state index in [1.807, 2.05) is 17.9 Å². The molecule has 1 heterocycles. The van der Waals surface area contributed by atoms with Crippen molar-refractivity contribution in [3.63, 3.8) is 0 Å². The van der Waals surface area contributed by atoms with Gasteiger partial charge in [-0.15, -0.1) is 0 Å². The van der Waals surface area contributed by atoms with Crippen molar-refractivity contribution in [2.24, 2.45) is 5.73 Å². The van der Waals surface area contributed by atoms with Crippen molar-refractivity contribution in [1.82, 2.24) is 0 Å². The van der Waals surface area contributed by atoms with Crippen molar-refractivity contribution in [1.29, 1.82) is 0 Å². The Kier molecular flexibility index (Phi) is 3.47. The molecule has 0 fully saturated rings. The Morgan fingerprint density at radius 2 is 2.24 bits per heavy atom. The largest absolute Gasteiger partial charge is 0.367 e. The summed E-state index contributed by atoms with van der Waals surface area (Å²) < 4.78 is 24.8. The fourth-order valence-electron chi connectivity index (χ4n) is 2.04. The summed E-state index contributed by atoms with van der Waals surface area (Å²) in [5, 5.41) is 0. The van der Waals surface area contributed by atoms with E-state index in [4.69, 9.17) is 5.73 Å². The first-order valence-corrected chi connectivity index (χ1v) is 7.88. The summed E-state index contributed by atoms with van der Waals surface area (Å²) in [6.07, 6.45) is 0. The summed E-state index contributed by atoms with van der Waals surface area (Å²) >= 11 is 3.42. The number of halogens is 1. The van der Waals surface area contributed by atoms with Crippen molar-refractivity contribution in [2.75, 3.05) is 23.7 Å². The Morgan fingerprint density at radius 3 is 2.88 bits per heavy atom. The molecule has 0 saturated heterocycles. The highest BCUT2D eigenvalue weighted by Gasteiger charge is 2.29. The Labute approximate surface area is 110 Å². The molecule has 0 saturated carbocycles. The van der Waals surface area contributed by atoms with Gasteiger partial charge in [-0.1, -0.05) is 6.07 Å². The molecule has 2 rings (SSSR count). The third-order valence-electron chi connectivity index (χ3n) is 2.74. The standard InChI is InChI=1S/C11H15BrN2O2S/c1-8(13)7-14-5-6-17(15,16)10-4-2-3-9(12)11(10)14/h2-4,8H,5-7,13H2,1H3. The topological polar surface area (TPSA) is 63.4 Å². The average molecular weight is 319 g/mol. The van der Waals surface area contributed by atoms with Gasteiger partial charge in [-0.2, -0.15) is 0 Å². The van der Waals surface area contributed by atoms with E-state index < -0.39 is 9.84 Å². The van der Waals surface area contributed by atoms with Crippen LogP contribution >= 0.6 is 15.9 Å². The number of hydrogen-bond acceptors (Lipinski definition) is 4. The van der Waals surface area contributed by atoms with Crippen LogP contribution in [-0.2, 0) is 9.84 Å². The number of fused-ring (bicyclic) bond motifs is 1. The first kappa shape index (κ1) is 12.9. The van der Waals surface area contributed by atoms with Gasteiger partial charge in [0.25, 0.3) is 0 Å². The van der Waals surface area contributed by atoms with Crippen LogP contribution in [0.15, 0.2) is 27.6 Å². The minimum Gasteiger partial charge on any atom is -0.367 e. The van der Waals surface area contributed by atoms with E-state index in [-0.39, 0.29) is 11.8 Å². The van der Waals surface area contributed by atoms with E-state index in [1.54, 1.807) is 12.1 Å². The van der Waals surface area contributed by atoms with Crippen LogP contribution in [0.1, 0.15) is 6.92 Å². The molecule has 1 aromatic carbocycles. The van der Waals surface area contributed by atoms with Gasteiger partial charge in [0.1, 0.15) is 0 Å². The zero-order valence-electron chi connectivity index (χ0n) is 9.56. The van der Waals surface area contributed by atoms with Gasteiger partial charge in [0.15, 0.2) is 9.84 Å². The maximum atomic E-state index is 12.0. The third kappa shape index (κ3) is 2.48. The van der Waals surface area contributed by atoms with Crippen molar-refractivity contribution in [2.45, 2.75) is 17.9 Å². The molecule has 17 heavy (non-hydrogen) atoms. The van der Waals surface area contributed by atoms with Gasteiger partial charge in [0.05, 0.1) is 16.3 Å². The van der Waals surface area contributed by atoms with E-state index in [0.717, 1.165) is 10.2 Å². The second-order valence-corrected chi connectivity index (χ2v) is 7.26. The lowest BCUT2D eigenvalue weighted by atomic mass is 10.2. The van der Waals surface area contributed by atoms with Crippen LogP contribution < -0.4 is 10.6 Å². The van der Waals surface area contributed by atoms with Crippen molar-refractivity contribution < 1.29 is 8.42 Å². The van der Waals surface area contributed by atoms with Crippen LogP contribution in [0.4, 0.5) is 5.69 Å². The predicted molar refractivity (Wildman–Crippen MR) is 72.1 cm³/mol. The summed E-state index contributed by atoms with van der Waals surface area (Å²) in [4.78, 5) is 2.43. The first-order chi connectivity index (χ1) is 7.92. The summed E-state index contributed by atoms with van der Waals surface area (Å²) in [6, 6.07) is 5.27. The maximum absolute atomic E-state index is 12.0. The number of nitrogens with two attached hydrogens (primary N) is 1. The average Bonchev–Trinajstić information content (AvgIpc) is 2.22. The molecule has 0 spiro atoms. The third-order valence-corrected chi connectivity index (χ3v) is 5.10. The fraction of sp³-hybridized carbons (Fsp3) is 0.455. The lowest BCUT2D eigenvalue weighted by Crippen LogP contribution is -2.42. The number of nitrogens with zero attached hydrogens (tertiary/aromatic N) is 1. The zero-order chi connectivity index (χ0) is 12.6. The highest BCUT2D eigenvalue weighted by Crippen LogP contribution is 2.36. The van der Waals surface area contributed by atoms with Crippen LogP contribution in [0.2, 0.25) is 0 Å². The lowest BCUT2D eigenvalue weighted by molar-refractivity contribution is 0.585. The van der Waals surface area contributed by atoms with Crippen LogP contribution in [0.5, 0.6) is 0 Å². The molecule has 1 aromatic rings. The molecular weight excluding hydrogens is 304 g/mol. The lowest BCUT2D eigenvalue weighted by Gasteiger charge is -2.33.